The first kappa shape index (κ1) is 32.0. The molecule has 10 heteroatoms. The highest BCUT2D eigenvalue weighted by molar-refractivity contribution is 9.10. The Hall–Kier alpha value is -3.92. The molecule has 236 valence electrons. The summed E-state index contributed by atoms with van der Waals surface area (Å²) in [4.78, 5) is 33.6. The first-order valence-electron chi connectivity index (χ1n) is 15.1. The molecule has 1 atom stereocenters. The number of esters is 1. The van der Waals surface area contributed by atoms with E-state index in [4.69, 9.17) is 26.1 Å². The molecule has 0 aliphatic carbocycles. The highest BCUT2D eigenvalue weighted by atomic mass is 79.9. The molecule has 0 N–H and O–H groups in total. The minimum atomic E-state index is -0.779. The van der Waals surface area contributed by atoms with Crippen molar-refractivity contribution < 1.29 is 14.3 Å². The lowest BCUT2D eigenvalue weighted by atomic mass is 9.93. The van der Waals surface area contributed by atoms with Crippen molar-refractivity contribution >= 4 is 61.8 Å². The molecule has 2 aromatic heterocycles. The van der Waals surface area contributed by atoms with E-state index in [-0.39, 0.29) is 12.2 Å². The summed E-state index contributed by atoms with van der Waals surface area (Å²) in [5.74, 6) is 0.0700. The molecule has 0 saturated carbocycles. The molecule has 0 amide bonds. The van der Waals surface area contributed by atoms with Crippen molar-refractivity contribution in [3.8, 4) is 5.75 Å². The summed E-state index contributed by atoms with van der Waals surface area (Å²) in [5, 5.41) is 1.74. The van der Waals surface area contributed by atoms with Crippen molar-refractivity contribution in [3.63, 3.8) is 0 Å². The molecule has 3 heterocycles. The van der Waals surface area contributed by atoms with Crippen LogP contribution in [-0.2, 0) is 16.1 Å². The first-order chi connectivity index (χ1) is 22.2. The second kappa shape index (κ2) is 13.4. The molecule has 7 nitrogen and oxygen atoms in total. The lowest BCUT2D eigenvalue weighted by molar-refractivity contribution is -0.139. The summed E-state index contributed by atoms with van der Waals surface area (Å²) in [6.07, 6.45) is 3.29. The molecule has 6 rings (SSSR count). The van der Waals surface area contributed by atoms with Crippen LogP contribution in [0.25, 0.3) is 17.0 Å². The average molecular weight is 719 g/mol. The van der Waals surface area contributed by atoms with Gasteiger partial charge in [-0.25, -0.2) is 9.79 Å². The van der Waals surface area contributed by atoms with E-state index >= 15 is 0 Å². The van der Waals surface area contributed by atoms with Crippen LogP contribution in [0.5, 0.6) is 5.75 Å². The van der Waals surface area contributed by atoms with E-state index in [1.54, 1.807) is 18.6 Å². The summed E-state index contributed by atoms with van der Waals surface area (Å²) in [7, 11) is 1.58. The minimum absolute atomic E-state index is 0.202. The van der Waals surface area contributed by atoms with Crippen LogP contribution in [0.3, 0.4) is 0 Å². The lowest BCUT2D eigenvalue weighted by Crippen LogP contribution is -2.40. The fraction of sp³-hybridized carbons (Fsp3) is 0.250. The predicted molar refractivity (Wildman–Crippen MR) is 188 cm³/mol. The number of nitrogens with zero attached hydrogens (tertiary/aromatic N) is 3. The third-order valence-corrected chi connectivity index (χ3v) is 9.92. The van der Waals surface area contributed by atoms with Crippen molar-refractivity contribution in [1.29, 1.82) is 0 Å². The summed E-state index contributed by atoms with van der Waals surface area (Å²) in [6, 6.07) is 20.9. The Bertz CT molecular complexity index is 2180. The molecule has 0 unspecified atom stereocenters. The van der Waals surface area contributed by atoms with Crippen LogP contribution in [0.2, 0.25) is 5.02 Å². The summed E-state index contributed by atoms with van der Waals surface area (Å²) >= 11 is 11.1. The molecule has 0 radical (unpaired) electrons. The quantitative estimate of drug-likeness (QED) is 0.150. The van der Waals surface area contributed by atoms with E-state index in [9.17, 15) is 9.59 Å². The van der Waals surface area contributed by atoms with Gasteiger partial charge in [-0.2, -0.15) is 0 Å². The van der Waals surface area contributed by atoms with Gasteiger partial charge in [0.2, 0.25) is 0 Å². The van der Waals surface area contributed by atoms with E-state index < -0.39 is 12.0 Å². The number of fused-ring (bicyclic) bond motifs is 2. The third kappa shape index (κ3) is 5.87. The van der Waals surface area contributed by atoms with Crippen molar-refractivity contribution in [2.24, 2.45) is 4.99 Å². The van der Waals surface area contributed by atoms with Crippen molar-refractivity contribution in [1.82, 2.24) is 9.13 Å². The van der Waals surface area contributed by atoms with Gasteiger partial charge in [-0.05, 0) is 68.3 Å². The smallest absolute Gasteiger partial charge is 0.338 e. The molecule has 0 fully saturated rings. The first-order valence-corrected chi connectivity index (χ1v) is 17.1. The fourth-order valence-electron chi connectivity index (χ4n) is 6.08. The van der Waals surface area contributed by atoms with Gasteiger partial charge in [-0.3, -0.25) is 9.36 Å². The number of carbonyl (C=O) groups excluding carboxylic acids is 1. The van der Waals surface area contributed by atoms with Crippen LogP contribution in [0.4, 0.5) is 0 Å². The van der Waals surface area contributed by atoms with Crippen LogP contribution < -0.4 is 19.6 Å². The number of carbonyl (C=O) groups is 1. The maximum Gasteiger partial charge on any atom is 0.338 e. The van der Waals surface area contributed by atoms with E-state index in [1.165, 1.54) is 11.3 Å². The van der Waals surface area contributed by atoms with Crippen molar-refractivity contribution in [2.75, 3.05) is 13.7 Å². The molecule has 5 aromatic rings. The zero-order valence-corrected chi connectivity index (χ0v) is 29.1. The zero-order valence-electron chi connectivity index (χ0n) is 26.0. The highest BCUT2D eigenvalue weighted by Crippen LogP contribution is 2.38. The Morgan fingerprint density at radius 1 is 1.11 bits per heavy atom. The Morgan fingerprint density at radius 2 is 1.87 bits per heavy atom. The number of hydrogen-bond donors (Lipinski definition) is 0. The topological polar surface area (TPSA) is 74.8 Å². The molecular formula is C36H33BrClN3O4S. The Kier molecular flexibility index (Phi) is 9.36. The number of ether oxygens (including phenoxy) is 2. The fourth-order valence-corrected chi connectivity index (χ4v) is 7.59. The van der Waals surface area contributed by atoms with Gasteiger partial charge in [0.15, 0.2) is 4.80 Å². The number of hydrogen-bond acceptors (Lipinski definition) is 6. The van der Waals surface area contributed by atoms with Crippen LogP contribution in [0.1, 0.15) is 55.1 Å². The standard InChI is InChI=1S/C36H33BrClN3O4S/c1-5-9-28-32(35(43)45-6-2)33(27-18-23(37)14-17-30(27)44-4)41-34(42)31(46-36(41)39-28)19-26-21(3)40(29-11-8-7-10-25(26)29)20-22-12-15-24(38)16-13-22/h7-8,10-19,33H,5-6,9,20H2,1-4H3/b31-19+/t33-/m0/s1. The number of benzene rings is 3. The van der Waals surface area contributed by atoms with Gasteiger partial charge < -0.3 is 14.0 Å². The van der Waals surface area contributed by atoms with Gasteiger partial charge >= 0.3 is 5.97 Å². The number of methoxy groups -OCH3 is 1. The molecule has 3 aromatic carbocycles. The maximum absolute atomic E-state index is 14.5. The number of rotatable bonds is 9. The van der Waals surface area contributed by atoms with E-state index in [0.29, 0.717) is 49.9 Å². The van der Waals surface area contributed by atoms with E-state index in [2.05, 4.69) is 39.6 Å². The molecule has 46 heavy (non-hydrogen) atoms. The maximum atomic E-state index is 14.5. The van der Waals surface area contributed by atoms with Gasteiger partial charge in [0.1, 0.15) is 11.8 Å². The van der Waals surface area contributed by atoms with Crippen LogP contribution in [0, 0.1) is 6.92 Å². The van der Waals surface area contributed by atoms with Gasteiger partial charge in [-0.1, -0.05) is 82.5 Å². The summed E-state index contributed by atoms with van der Waals surface area (Å²) in [6.45, 7) is 6.75. The summed E-state index contributed by atoms with van der Waals surface area (Å²) in [5.41, 5.74) is 5.61. The van der Waals surface area contributed by atoms with Gasteiger partial charge in [0, 0.05) is 43.8 Å². The van der Waals surface area contributed by atoms with Crippen LogP contribution >= 0.6 is 38.9 Å². The molecule has 1 aliphatic heterocycles. The SMILES string of the molecule is CCCC1=C(C(=O)OCC)[C@H](c2cc(Br)ccc2OC)n2c(s/c(=C/c3c(C)n(Cc4ccc(Cl)cc4)c4ccccc34)c2=O)=N1. The number of allylic oxidation sites excluding steroid dienone is 1. The van der Waals surface area contributed by atoms with Crippen molar-refractivity contribution in [3.05, 3.63) is 130 Å². The van der Waals surface area contributed by atoms with E-state index in [1.807, 2.05) is 67.6 Å². The molecular weight excluding hydrogens is 686 g/mol. The second-order valence-corrected chi connectivity index (χ2v) is 13.4. The van der Waals surface area contributed by atoms with Gasteiger partial charge in [0.05, 0.1) is 29.5 Å². The monoisotopic (exact) mass is 717 g/mol. The van der Waals surface area contributed by atoms with Crippen LogP contribution in [0.15, 0.2) is 92.3 Å². The zero-order chi connectivity index (χ0) is 32.5. The molecule has 0 bridgehead atoms. The largest absolute Gasteiger partial charge is 0.496 e. The Labute approximate surface area is 284 Å². The number of aromatic nitrogens is 2. The Morgan fingerprint density at radius 3 is 2.59 bits per heavy atom. The van der Waals surface area contributed by atoms with Crippen LogP contribution in [-0.4, -0.2) is 28.8 Å². The highest BCUT2D eigenvalue weighted by Gasteiger charge is 2.36. The average Bonchev–Trinajstić information content (AvgIpc) is 3.50. The molecule has 1 aliphatic rings. The number of halogens is 2. The summed E-state index contributed by atoms with van der Waals surface area (Å²) < 4.78 is 16.5. The number of thiazole rings is 1. The van der Waals surface area contributed by atoms with Gasteiger partial charge in [-0.15, -0.1) is 0 Å². The molecule has 0 saturated heterocycles. The third-order valence-electron chi connectivity index (χ3n) is 8.19. The predicted octanol–water partition coefficient (Wildman–Crippen LogP) is 7.31. The Balaban J connectivity index is 1.59. The normalized spacial score (nSPS) is 14.8. The minimum Gasteiger partial charge on any atom is -0.496 e. The number of para-hydroxylation sites is 1. The molecule has 0 spiro atoms. The lowest BCUT2D eigenvalue weighted by Gasteiger charge is -2.27. The van der Waals surface area contributed by atoms with Crippen molar-refractivity contribution in [2.45, 2.75) is 46.2 Å². The second-order valence-electron chi connectivity index (χ2n) is 11.0. The van der Waals surface area contributed by atoms with E-state index in [0.717, 1.165) is 38.6 Å². The van der Waals surface area contributed by atoms with Gasteiger partial charge in [0.25, 0.3) is 5.56 Å².